The van der Waals surface area contributed by atoms with Crippen molar-refractivity contribution in [1.29, 1.82) is 0 Å². The lowest BCUT2D eigenvalue weighted by molar-refractivity contribution is 0.0169. The number of rotatable bonds is 8. The molecule has 0 radical (unpaired) electrons. The predicted molar refractivity (Wildman–Crippen MR) is 85.2 cm³/mol. The van der Waals surface area contributed by atoms with Gasteiger partial charge in [0.2, 0.25) is 10.0 Å². The summed E-state index contributed by atoms with van der Waals surface area (Å²) < 4.78 is 43.5. The van der Waals surface area contributed by atoms with E-state index in [9.17, 15) is 8.42 Å². The van der Waals surface area contributed by atoms with Crippen molar-refractivity contribution >= 4 is 10.0 Å². The van der Waals surface area contributed by atoms with Crippen LogP contribution in [0.1, 0.15) is 24.8 Å². The third kappa shape index (κ3) is 4.44. The Kier molecular flexibility index (Phi) is 5.53. The molecule has 2 aliphatic heterocycles. The van der Waals surface area contributed by atoms with E-state index in [1.807, 2.05) is 0 Å². The number of sulfonamides is 1. The van der Waals surface area contributed by atoms with Crippen LogP contribution in [-0.4, -0.2) is 47.5 Å². The van der Waals surface area contributed by atoms with Crippen molar-refractivity contribution in [3.05, 3.63) is 23.8 Å². The van der Waals surface area contributed by atoms with Gasteiger partial charge in [-0.1, -0.05) is 0 Å². The second-order valence-electron chi connectivity index (χ2n) is 5.83. The summed E-state index contributed by atoms with van der Waals surface area (Å²) in [6.45, 7) is 2.92. The minimum atomic E-state index is -3.47. The highest BCUT2D eigenvalue weighted by Crippen LogP contribution is 2.27. The van der Waals surface area contributed by atoms with Crippen LogP contribution < -0.4 is 9.46 Å². The molecule has 0 saturated carbocycles. The van der Waals surface area contributed by atoms with Gasteiger partial charge in [0.15, 0.2) is 0 Å². The first-order valence-electron chi connectivity index (χ1n) is 8.10. The highest BCUT2D eigenvalue weighted by atomic mass is 32.2. The van der Waals surface area contributed by atoms with Crippen molar-refractivity contribution < 1.29 is 22.6 Å². The van der Waals surface area contributed by atoms with Crippen LogP contribution in [0, 0.1) is 0 Å². The molecule has 1 saturated heterocycles. The van der Waals surface area contributed by atoms with Crippen LogP contribution in [0.3, 0.4) is 0 Å². The molecular weight excluding hydrogens is 318 g/mol. The van der Waals surface area contributed by atoms with E-state index in [0.717, 1.165) is 37.2 Å². The van der Waals surface area contributed by atoms with Gasteiger partial charge in [0.05, 0.1) is 24.2 Å². The number of benzene rings is 1. The van der Waals surface area contributed by atoms with Gasteiger partial charge in [0, 0.05) is 26.2 Å². The molecular formula is C16H23NO5S. The Morgan fingerprint density at radius 2 is 2.22 bits per heavy atom. The molecule has 0 bridgehead atoms. The van der Waals surface area contributed by atoms with Crippen LogP contribution in [0.4, 0.5) is 0 Å². The Balaban J connectivity index is 1.40. The van der Waals surface area contributed by atoms with Crippen molar-refractivity contribution in [2.45, 2.75) is 36.7 Å². The SMILES string of the molecule is O=S(=O)(NCCCOC[C@H]1CCCO1)c1ccc2c(c1)CCO2. The quantitative estimate of drug-likeness (QED) is 0.725. The van der Waals surface area contributed by atoms with E-state index in [0.29, 0.717) is 37.7 Å². The largest absolute Gasteiger partial charge is 0.493 e. The zero-order chi connectivity index (χ0) is 16.1. The second kappa shape index (κ2) is 7.61. The zero-order valence-electron chi connectivity index (χ0n) is 13.1. The van der Waals surface area contributed by atoms with Gasteiger partial charge in [-0.2, -0.15) is 0 Å². The van der Waals surface area contributed by atoms with Gasteiger partial charge in [-0.15, -0.1) is 0 Å². The Morgan fingerprint density at radius 3 is 3.04 bits per heavy atom. The van der Waals surface area contributed by atoms with E-state index in [1.165, 1.54) is 0 Å². The number of ether oxygens (including phenoxy) is 3. The first-order valence-corrected chi connectivity index (χ1v) is 9.58. The van der Waals surface area contributed by atoms with Crippen LogP contribution in [0.5, 0.6) is 5.75 Å². The average molecular weight is 341 g/mol. The van der Waals surface area contributed by atoms with E-state index in [4.69, 9.17) is 14.2 Å². The van der Waals surface area contributed by atoms with E-state index in [-0.39, 0.29) is 6.10 Å². The van der Waals surface area contributed by atoms with Crippen molar-refractivity contribution in [1.82, 2.24) is 4.72 Å². The minimum Gasteiger partial charge on any atom is -0.493 e. The molecule has 6 nitrogen and oxygen atoms in total. The van der Waals surface area contributed by atoms with E-state index < -0.39 is 10.0 Å². The van der Waals surface area contributed by atoms with Gasteiger partial charge in [0.1, 0.15) is 5.75 Å². The molecule has 3 rings (SSSR count). The molecule has 1 atom stereocenters. The van der Waals surface area contributed by atoms with Crippen LogP contribution in [-0.2, 0) is 25.9 Å². The molecule has 128 valence electrons. The first-order chi connectivity index (χ1) is 11.1. The first kappa shape index (κ1) is 16.7. The standard InChI is InChI=1S/C16H23NO5S/c18-23(19,15-4-5-16-13(11-15)6-10-22-16)17-7-2-8-20-12-14-3-1-9-21-14/h4-5,11,14,17H,1-3,6-10,12H2/t14-/m1/s1. The van der Waals surface area contributed by atoms with Gasteiger partial charge in [-0.25, -0.2) is 13.1 Å². The molecule has 0 aromatic heterocycles. The summed E-state index contributed by atoms with van der Waals surface area (Å²) in [5.74, 6) is 0.784. The molecule has 2 heterocycles. The molecule has 2 aliphatic rings. The summed E-state index contributed by atoms with van der Waals surface area (Å²) in [4.78, 5) is 0.294. The zero-order valence-corrected chi connectivity index (χ0v) is 13.9. The molecule has 23 heavy (non-hydrogen) atoms. The van der Waals surface area contributed by atoms with Gasteiger partial charge in [-0.3, -0.25) is 0 Å². The van der Waals surface area contributed by atoms with E-state index >= 15 is 0 Å². The Morgan fingerprint density at radius 1 is 1.30 bits per heavy atom. The summed E-state index contributed by atoms with van der Waals surface area (Å²) >= 11 is 0. The highest BCUT2D eigenvalue weighted by molar-refractivity contribution is 7.89. The van der Waals surface area contributed by atoms with Crippen molar-refractivity contribution in [2.24, 2.45) is 0 Å². The summed E-state index contributed by atoms with van der Waals surface area (Å²) in [5.41, 5.74) is 0.952. The van der Waals surface area contributed by atoms with Crippen molar-refractivity contribution in [3.63, 3.8) is 0 Å². The normalized spacial score (nSPS) is 20.4. The topological polar surface area (TPSA) is 73.9 Å². The van der Waals surface area contributed by atoms with Gasteiger partial charge < -0.3 is 14.2 Å². The Hall–Kier alpha value is -1.15. The molecule has 1 fully saturated rings. The molecule has 7 heteroatoms. The molecule has 0 spiro atoms. The Bertz CT molecular complexity index is 625. The third-order valence-electron chi connectivity index (χ3n) is 4.06. The lowest BCUT2D eigenvalue weighted by atomic mass is 10.2. The lowest BCUT2D eigenvalue weighted by Crippen LogP contribution is -2.26. The maximum absolute atomic E-state index is 12.3. The van der Waals surface area contributed by atoms with E-state index in [1.54, 1.807) is 18.2 Å². The minimum absolute atomic E-state index is 0.209. The van der Waals surface area contributed by atoms with Crippen molar-refractivity contribution in [3.8, 4) is 5.75 Å². The molecule has 0 amide bonds. The van der Waals surface area contributed by atoms with Gasteiger partial charge >= 0.3 is 0 Å². The molecule has 1 aromatic carbocycles. The fourth-order valence-electron chi connectivity index (χ4n) is 2.78. The fourth-order valence-corrected chi connectivity index (χ4v) is 3.91. The smallest absolute Gasteiger partial charge is 0.240 e. The molecule has 1 aromatic rings. The summed E-state index contributed by atoms with van der Waals surface area (Å²) in [6.07, 6.45) is 3.75. The third-order valence-corrected chi connectivity index (χ3v) is 5.52. The van der Waals surface area contributed by atoms with Crippen LogP contribution in [0.25, 0.3) is 0 Å². The van der Waals surface area contributed by atoms with Crippen LogP contribution in [0.2, 0.25) is 0 Å². The average Bonchev–Trinajstić information content (AvgIpc) is 3.21. The van der Waals surface area contributed by atoms with Crippen LogP contribution in [0.15, 0.2) is 23.1 Å². The number of nitrogens with one attached hydrogen (secondary N) is 1. The number of hydrogen-bond donors (Lipinski definition) is 1. The summed E-state index contributed by atoms with van der Waals surface area (Å²) in [5, 5.41) is 0. The Labute approximate surface area is 137 Å². The maximum atomic E-state index is 12.3. The van der Waals surface area contributed by atoms with E-state index in [2.05, 4.69) is 4.72 Å². The van der Waals surface area contributed by atoms with Gasteiger partial charge in [-0.05, 0) is 43.0 Å². The van der Waals surface area contributed by atoms with Crippen molar-refractivity contribution in [2.75, 3.05) is 33.0 Å². The molecule has 0 aliphatic carbocycles. The number of hydrogen-bond acceptors (Lipinski definition) is 5. The van der Waals surface area contributed by atoms with Gasteiger partial charge in [0.25, 0.3) is 0 Å². The molecule has 0 unspecified atom stereocenters. The monoisotopic (exact) mass is 341 g/mol. The second-order valence-corrected chi connectivity index (χ2v) is 7.60. The summed E-state index contributed by atoms with van der Waals surface area (Å²) in [7, 11) is -3.47. The van der Waals surface area contributed by atoms with Crippen LogP contribution >= 0.6 is 0 Å². The highest BCUT2D eigenvalue weighted by Gasteiger charge is 2.19. The number of fused-ring (bicyclic) bond motifs is 1. The summed E-state index contributed by atoms with van der Waals surface area (Å²) in [6, 6.07) is 5.00. The fraction of sp³-hybridized carbons (Fsp3) is 0.625. The predicted octanol–water partition coefficient (Wildman–Crippen LogP) is 1.49. The lowest BCUT2D eigenvalue weighted by Gasteiger charge is -2.11. The molecule has 1 N–H and O–H groups in total. The maximum Gasteiger partial charge on any atom is 0.240 e.